The third kappa shape index (κ3) is 4.52. The van der Waals surface area contributed by atoms with Crippen LogP contribution in [-0.2, 0) is 11.0 Å². The van der Waals surface area contributed by atoms with Crippen molar-refractivity contribution >= 4 is 23.2 Å². The Morgan fingerprint density at radius 3 is 2.53 bits per heavy atom. The van der Waals surface area contributed by atoms with E-state index in [1.165, 1.54) is 6.07 Å². The lowest BCUT2D eigenvalue weighted by Gasteiger charge is -2.11. The quantitative estimate of drug-likeness (QED) is 0.880. The number of hydrogen-bond donors (Lipinski definition) is 2. The Labute approximate surface area is 101 Å². The molecule has 0 saturated heterocycles. The van der Waals surface area contributed by atoms with E-state index in [2.05, 4.69) is 5.32 Å². The van der Waals surface area contributed by atoms with Crippen molar-refractivity contribution in [3.8, 4) is 0 Å². The Hall–Kier alpha value is -1.43. The van der Waals surface area contributed by atoms with Crippen molar-refractivity contribution in [2.45, 2.75) is 12.6 Å². The minimum absolute atomic E-state index is 0.0265. The van der Waals surface area contributed by atoms with Crippen LogP contribution in [0.3, 0.4) is 0 Å². The van der Waals surface area contributed by atoms with Crippen molar-refractivity contribution in [3.63, 3.8) is 0 Å². The molecule has 1 aromatic carbocycles. The highest BCUT2D eigenvalue weighted by molar-refractivity contribution is 6.30. The molecule has 17 heavy (non-hydrogen) atoms. The van der Waals surface area contributed by atoms with Gasteiger partial charge < -0.3 is 11.1 Å². The van der Waals surface area contributed by atoms with Crippen LogP contribution < -0.4 is 11.1 Å². The molecule has 94 valence electrons. The van der Waals surface area contributed by atoms with Crippen molar-refractivity contribution < 1.29 is 18.0 Å². The third-order valence-electron chi connectivity index (χ3n) is 1.93. The monoisotopic (exact) mass is 266 g/mol. The number of carbonyl (C=O) groups excluding carboxylic acids is 1. The van der Waals surface area contributed by atoms with E-state index in [-0.39, 0.29) is 23.7 Å². The Morgan fingerprint density at radius 1 is 1.35 bits per heavy atom. The molecule has 3 nitrogen and oxygen atoms in total. The van der Waals surface area contributed by atoms with Crippen molar-refractivity contribution in [2.24, 2.45) is 5.73 Å². The maximum Gasteiger partial charge on any atom is 0.416 e. The highest BCUT2D eigenvalue weighted by Gasteiger charge is 2.31. The highest BCUT2D eigenvalue weighted by atomic mass is 35.5. The second-order valence-corrected chi connectivity index (χ2v) is 3.81. The van der Waals surface area contributed by atoms with E-state index < -0.39 is 17.6 Å². The summed E-state index contributed by atoms with van der Waals surface area (Å²) in [4.78, 5) is 10.5. The molecule has 1 aromatic rings. The summed E-state index contributed by atoms with van der Waals surface area (Å²) in [7, 11) is 0. The van der Waals surface area contributed by atoms with Gasteiger partial charge in [0.2, 0.25) is 5.91 Å². The van der Waals surface area contributed by atoms with Crippen LogP contribution in [0.25, 0.3) is 0 Å². The van der Waals surface area contributed by atoms with Crippen LogP contribution in [0.4, 0.5) is 18.9 Å². The van der Waals surface area contributed by atoms with Crippen molar-refractivity contribution in [3.05, 3.63) is 28.8 Å². The first kappa shape index (κ1) is 13.6. The van der Waals surface area contributed by atoms with Crippen molar-refractivity contribution in [1.29, 1.82) is 0 Å². The number of halogens is 4. The zero-order chi connectivity index (χ0) is 13.1. The number of benzene rings is 1. The molecule has 0 unspecified atom stereocenters. The molecule has 7 heteroatoms. The van der Waals surface area contributed by atoms with Gasteiger partial charge in [0.1, 0.15) is 0 Å². The summed E-state index contributed by atoms with van der Waals surface area (Å²) in [6.45, 7) is 0.160. The maximum absolute atomic E-state index is 12.4. The largest absolute Gasteiger partial charge is 0.416 e. The molecule has 0 bridgehead atoms. The van der Waals surface area contributed by atoms with Crippen molar-refractivity contribution in [1.82, 2.24) is 0 Å². The summed E-state index contributed by atoms with van der Waals surface area (Å²) in [5.41, 5.74) is 4.26. The number of nitrogens with one attached hydrogen (secondary N) is 1. The highest BCUT2D eigenvalue weighted by Crippen LogP contribution is 2.33. The first-order valence-electron chi connectivity index (χ1n) is 4.69. The Morgan fingerprint density at radius 2 is 2.00 bits per heavy atom. The molecule has 0 aromatic heterocycles. The normalized spacial score (nSPS) is 11.3. The lowest BCUT2D eigenvalue weighted by Crippen LogP contribution is -2.16. The lowest BCUT2D eigenvalue weighted by atomic mass is 10.2. The molecule has 0 spiro atoms. The fourth-order valence-corrected chi connectivity index (χ4v) is 1.42. The molecule has 1 amide bonds. The van der Waals surface area contributed by atoms with Gasteiger partial charge in [-0.05, 0) is 18.2 Å². The smallest absolute Gasteiger partial charge is 0.384 e. The van der Waals surface area contributed by atoms with E-state index in [1.54, 1.807) is 0 Å². The SMILES string of the molecule is NC(=O)CCNc1cc(Cl)cc(C(F)(F)F)c1. The molecule has 0 aliphatic heterocycles. The zero-order valence-electron chi connectivity index (χ0n) is 8.64. The van der Waals surface area contributed by atoms with E-state index in [0.717, 1.165) is 12.1 Å². The average Bonchev–Trinajstić information content (AvgIpc) is 2.14. The molecular formula is C10H10ClF3N2O. The number of hydrogen-bond acceptors (Lipinski definition) is 2. The number of amides is 1. The zero-order valence-corrected chi connectivity index (χ0v) is 9.40. The van der Waals surface area contributed by atoms with Gasteiger partial charge in [-0.25, -0.2) is 0 Å². The predicted octanol–water partition coefficient (Wildman–Crippen LogP) is 2.65. The number of nitrogens with two attached hydrogens (primary N) is 1. The van der Waals surface area contributed by atoms with E-state index in [1.807, 2.05) is 0 Å². The minimum atomic E-state index is -4.45. The van der Waals surface area contributed by atoms with Crippen molar-refractivity contribution in [2.75, 3.05) is 11.9 Å². The van der Waals surface area contributed by atoms with Gasteiger partial charge in [0.05, 0.1) is 5.56 Å². The first-order chi connectivity index (χ1) is 7.79. The van der Waals surface area contributed by atoms with Gasteiger partial charge in [-0.3, -0.25) is 4.79 Å². The first-order valence-corrected chi connectivity index (χ1v) is 5.07. The van der Waals surface area contributed by atoms with Crippen LogP contribution in [0, 0.1) is 0 Å². The molecule has 0 radical (unpaired) electrons. The number of alkyl halides is 3. The molecule has 0 saturated carbocycles. The molecule has 1 rings (SSSR count). The van der Waals surface area contributed by atoms with Gasteiger partial charge in [-0.2, -0.15) is 13.2 Å². The molecule has 0 aliphatic rings. The summed E-state index contributed by atoms with van der Waals surface area (Å²) in [6, 6.07) is 3.10. The molecule has 0 heterocycles. The molecule has 0 aliphatic carbocycles. The summed E-state index contributed by atoms with van der Waals surface area (Å²) in [5.74, 6) is -0.532. The molecule has 0 atom stereocenters. The van der Waals surface area contributed by atoms with Gasteiger partial charge in [0, 0.05) is 23.7 Å². The number of rotatable bonds is 4. The summed E-state index contributed by atoms with van der Waals surface area (Å²) in [6.07, 6.45) is -4.42. The summed E-state index contributed by atoms with van der Waals surface area (Å²) in [5, 5.41) is 2.62. The number of primary amides is 1. The van der Waals surface area contributed by atoms with Gasteiger partial charge in [-0.15, -0.1) is 0 Å². The number of carbonyl (C=O) groups is 1. The van der Waals surface area contributed by atoms with Gasteiger partial charge in [-0.1, -0.05) is 11.6 Å². The molecular weight excluding hydrogens is 257 g/mol. The van der Waals surface area contributed by atoms with Crippen LogP contribution in [0.5, 0.6) is 0 Å². The Bertz CT molecular complexity index is 421. The fraction of sp³-hybridized carbons (Fsp3) is 0.300. The van der Waals surface area contributed by atoms with Gasteiger partial charge in [0.25, 0.3) is 0 Å². The lowest BCUT2D eigenvalue weighted by molar-refractivity contribution is -0.137. The van der Waals surface area contributed by atoms with E-state index in [9.17, 15) is 18.0 Å². The van der Waals surface area contributed by atoms with Crippen LogP contribution in [0.2, 0.25) is 5.02 Å². The fourth-order valence-electron chi connectivity index (χ4n) is 1.19. The predicted molar refractivity (Wildman–Crippen MR) is 58.8 cm³/mol. The second-order valence-electron chi connectivity index (χ2n) is 3.37. The van der Waals surface area contributed by atoms with E-state index in [4.69, 9.17) is 17.3 Å². The van der Waals surface area contributed by atoms with Crippen LogP contribution in [-0.4, -0.2) is 12.5 Å². The summed E-state index contributed by atoms with van der Waals surface area (Å²) >= 11 is 5.57. The standard InChI is InChI=1S/C10H10ClF3N2O/c11-7-3-6(10(12,13)14)4-8(5-7)16-2-1-9(15)17/h3-5,16H,1-2H2,(H2,15,17). The summed E-state index contributed by atoms with van der Waals surface area (Å²) < 4.78 is 37.3. The topological polar surface area (TPSA) is 55.1 Å². The number of anilines is 1. The molecule has 0 fully saturated rings. The maximum atomic E-state index is 12.4. The molecule has 3 N–H and O–H groups in total. The third-order valence-corrected chi connectivity index (χ3v) is 2.14. The minimum Gasteiger partial charge on any atom is -0.384 e. The van der Waals surface area contributed by atoms with E-state index in [0.29, 0.717) is 0 Å². The second kappa shape index (κ2) is 5.27. The van der Waals surface area contributed by atoms with E-state index >= 15 is 0 Å². The van der Waals surface area contributed by atoms with Crippen LogP contribution in [0.1, 0.15) is 12.0 Å². The van der Waals surface area contributed by atoms with Crippen LogP contribution in [0.15, 0.2) is 18.2 Å². The average molecular weight is 267 g/mol. The van der Waals surface area contributed by atoms with Gasteiger partial charge >= 0.3 is 6.18 Å². The Balaban J connectivity index is 2.79. The van der Waals surface area contributed by atoms with Crippen LogP contribution >= 0.6 is 11.6 Å². The Kier molecular flexibility index (Phi) is 4.22. The van der Waals surface area contributed by atoms with Gasteiger partial charge in [0.15, 0.2) is 0 Å².